The number of halogens is 1. The summed E-state index contributed by atoms with van der Waals surface area (Å²) >= 11 is 6.12. The molecule has 1 aromatic carbocycles. The molecule has 3 nitrogen and oxygen atoms in total. The number of rotatable bonds is 4. The molecule has 1 fully saturated rings. The summed E-state index contributed by atoms with van der Waals surface area (Å²) in [5, 5.41) is 9.30. The molecule has 2 rings (SSSR count). The number of hydrogen-bond donors (Lipinski definition) is 0. The van der Waals surface area contributed by atoms with Crippen molar-refractivity contribution in [3.05, 3.63) is 28.8 Å². The lowest BCUT2D eigenvalue weighted by molar-refractivity contribution is -0.0637. The third kappa shape index (κ3) is 2.24. The molecule has 0 spiro atoms. The largest absolute Gasteiger partial charge is 0.495 e. The zero-order valence-electron chi connectivity index (χ0n) is 9.70. The lowest BCUT2D eigenvalue weighted by atomic mass is 9.75. The quantitative estimate of drug-likeness (QED) is 0.826. The Morgan fingerprint density at radius 3 is 2.76 bits per heavy atom. The molecule has 1 heterocycles. The van der Waals surface area contributed by atoms with E-state index in [0.29, 0.717) is 30.4 Å². The Kier molecular flexibility index (Phi) is 3.56. The molecule has 0 aromatic heterocycles. The van der Waals surface area contributed by atoms with E-state index in [-0.39, 0.29) is 5.41 Å². The molecule has 4 heteroatoms. The van der Waals surface area contributed by atoms with E-state index in [2.05, 4.69) is 6.07 Å². The van der Waals surface area contributed by atoms with Crippen LogP contribution in [0.25, 0.3) is 0 Å². The van der Waals surface area contributed by atoms with Gasteiger partial charge in [0.2, 0.25) is 0 Å². The summed E-state index contributed by atoms with van der Waals surface area (Å²) in [5.74, 6) is 0.672. The normalized spacial score (nSPS) is 17.0. The zero-order chi connectivity index (χ0) is 12.3. The Labute approximate surface area is 106 Å². The van der Waals surface area contributed by atoms with Gasteiger partial charge in [-0.2, -0.15) is 5.26 Å². The monoisotopic (exact) mass is 251 g/mol. The predicted octanol–water partition coefficient (Wildman–Crippen LogP) is 2.92. The number of hydrogen-bond acceptors (Lipinski definition) is 3. The molecule has 1 aromatic rings. The van der Waals surface area contributed by atoms with E-state index in [4.69, 9.17) is 26.3 Å². The van der Waals surface area contributed by atoms with E-state index < -0.39 is 0 Å². The molecule has 0 bridgehead atoms. The Bertz CT molecular complexity index is 449. The third-order valence-electron chi connectivity index (χ3n) is 3.24. The molecule has 1 aliphatic heterocycles. The van der Waals surface area contributed by atoms with Crippen molar-refractivity contribution in [2.24, 2.45) is 0 Å². The first-order chi connectivity index (χ1) is 8.22. The molecular formula is C13H14ClNO2. The van der Waals surface area contributed by atoms with Crippen LogP contribution in [-0.4, -0.2) is 20.3 Å². The number of methoxy groups -OCH3 is 1. The first-order valence-electron chi connectivity index (χ1n) is 5.50. The summed E-state index contributed by atoms with van der Waals surface area (Å²) < 4.78 is 10.4. The lowest BCUT2D eigenvalue weighted by Crippen LogP contribution is -2.46. The summed E-state index contributed by atoms with van der Waals surface area (Å²) in [6.07, 6.45) is 1.35. The van der Waals surface area contributed by atoms with Crippen LogP contribution in [0, 0.1) is 11.3 Å². The highest BCUT2D eigenvalue weighted by atomic mass is 35.5. The molecule has 0 atom stereocenters. The molecule has 1 saturated heterocycles. The van der Waals surface area contributed by atoms with Crippen LogP contribution in [0.4, 0.5) is 0 Å². The van der Waals surface area contributed by atoms with Crippen LogP contribution < -0.4 is 4.74 Å². The van der Waals surface area contributed by atoms with E-state index in [1.807, 2.05) is 18.2 Å². The number of nitriles is 1. The average molecular weight is 252 g/mol. The van der Waals surface area contributed by atoms with Gasteiger partial charge in [-0.25, -0.2) is 0 Å². The third-order valence-corrected chi connectivity index (χ3v) is 3.53. The molecule has 0 radical (unpaired) electrons. The van der Waals surface area contributed by atoms with Crippen molar-refractivity contribution < 1.29 is 9.47 Å². The standard InChI is InChI=1S/C13H14ClNO2/c1-16-12-4-3-10(7-11(12)14)13(5-2-6-15)8-17-9-13/h3-4,7H,2,5,8-9H2,1H3. The van der Waals surface area contributed by atoms with Crippen LogP contribution in [0.1, 0.15) is 18.4 Å². The van der Waals surface area contributed by atoms with E-state index in [1.54, 1.807) is 7.11 Å². The average Bonchev–Trinajstić information content (AvgIpc) is 2.28. The van der Waals surface area contributed by atoms with E-state index >= 15 is 0 Å². The van der Waals surface area contributed by atoms with Gasteiger partial charge < -0.3 is 9.47 Å². The van der Waals surface area contributed by atoms with Gasteiger partial charge in [-0.3, -0.25) is 0 Å². The Morgan fingerprint density at radius 2 is 2.29 bits per heavy atom. The van der Waals surface area contributed by atoms with Crippen LogP contribution in [0.2, 0.25) is 5.02 Å². The van der Waals surface area contributed by atoms with Crippen molar-refractivity contribution in [2.75, 3.05) is 20.3 Å². The fourth-order valence-electron chi connectivity index (χ4n) is 2.10. The van der Waals surface area contributed by atoms with Crippen LogP contribution in [0.5, 0.6) is 5.75 Å². The molecule has 1 aliphatic rings. The molecule has 0 saturated carbocycles. The Morgan fingerprint density at radius 1 is 1.53 bits per heavy atom. The minimum absolute atomic E-state index is 0.0361. The second-order valence-electron chi connectivity index (χ2n) is 4.28. The smallest absolute Gasteiger partial charge is 0.137 e. The van der Waals surface area contributed by atoms with E-state index in [9.17, 15) is 0 Å². The maximum atomic E-state index is 8.70. The summed E-state index contributed by atoms with van der Waals surface area (Å²) in [6, 6.07) is 7.97. The van der Waals surface area contributed by atoms with Gasteiger partial charge in [0, 0.05) is 11.8 Å². The van der Waals surface area contributed by atoms with Gasteiger partial charge in [-0.05, 0) is 24.1 Å². The highest BCUT2D eigenvalue weighted by Gasteiger charge is 2.40. The zero-order valence-corrected chi connectivity index (χ0v) is 10.5. The van der Waals surface area contributed by atoms with Crippen LogP contribution >= 0.6 is 11.6 Å². The van der Waals surface area contributed by atoms with Gasteiger partial charge in [0.05, 0.1) is 31.4 Å². The fraction of sp³-hybridized carbons (Fsp3) is 0.462. The highest BCUT2D eigenvalue weighted by molar-refractivity contribution is 6.32. The van der Waals surface area contributed by atoms with Crippen molar-refractivity contribution >= 4 is 11.6 Å². The maximum Gasteiger partial charge on any atom is 0.137 e. The molecule has 90 valence electrons. The first kappa shape index (κ1) is 12.2. The van der Waals surface area contributed by atoms with Gasteiger partial charge >= 0.3 is 0 Å². The second kappa shape index (κ2) is 4.95. The topological polar surface area (TPSA) is 42.2 Å². The van der Waals surface area contributed by atoms with Gasteiger partial charge in [-0.1, -0.05) is 17.7 Å². The van der Waals surface area contributed by atoms with Crippen LogP contribution in [0.3, 0.4) is 0 Å². The van der Waals surface area contributed by atoms with Crippen LogP contribution in [-0.2, 0) is 10.2 Å². The molecule has 0 unspecified atom stereocenters. The van der Waals surface area contributed by atoms with Gasteiger partial charge in [-0.15, -0.1) is 0 Å². The highest BCUT2D eigenvalue weighted by Crippen LogP contribution is 2.39. The molecular weight excluding hydrogens is 238 g/mol. The number of ether oxygens (including phenoxy) is 2. The molecule has 0 N–H and O–H groups in total. The first-order valence-corrected chi connectivity index (χ1v) is 5.88. The SMILES string of the molecule is COc1ccc(C2(CCC#N)COC2)cc1Cl. The molecule has 17 heavy (non-hydrogen) atoms. The van der Waals surface area contributed by atoms with Crippen molar-refractivity contribution in [1.29, 1.82) is 5.26 Å². The number of benzene rings is 1. The lowest BCUT2D eigenvalue weighted by Gasteiger charge is -2.41. The van der Waals surface area contributed by atoms with E-state index in [0.717, 1.165) is 12.0 Å². The predicted molar refractivity (Wildman–Crippen MR) is 65.3 cm³/mol. The van der Waals surface area contributed by atoms with Crippen molar-refractivity contribution in [2.45, 2.75) is 18.3 Å². The second-order valence-corrected chi connectivity index (χ2v) is 4.69. The van der Waals surface area contributed by atoms with E-state index in [1.165, 1.54) is 0 Å². The van der Waals surface area contributed by atoms with Gasteiger partial charge in [0.15, 0.2) is 0 Å². The minimum atomic E-state index is -0.0361. The summed E-state index contributed by atoms with van der Waals surface area (Å²) in [6.45, 7) is 1.33. The minimum Gasteiger partial charge on any atom is -0.495 e. The van der Waals surface area contributed by atoms with Crippen molar-refractivity contribution in [3.8, 4) is 11.8 Å². The van der Waals surface area contributed by atoms with Crippen molar-refractivity contribution in [1.82, 2.24) is 0 Å². The summed E-state index contributed by atoms with van der Waals surface area (Å²) in [5.41, 5.74) is 1.09. The van der Waals surface area contributed by atoms with Gasteiger partial charge in [0.25, 0.3) is 0 Å². The Balaban J connectivity index is 2.26. The molecule has 0 amide bonds. The van der Waals surface area contributed by atoms with Gasteiger partial charge in [0.1, 0.15) is 5.75 Å². The number of nitrogens with zero attached hydrogens (tertiary/aromatic N) is 1. The van der Waals surface area contributed by atoms with Crippen molar-refractivity contribution in [3.63, 3.8) is 0 Å². The van der Waals surface area contributed by atoms with Crippen LogP contribution in [0.15, 0.2) is 18.2 Å². The summed E-state index contributed by atoms with van der Waals surface area (Å²) in [7, 11) is 1.60. The fourth-order valence-corrected chi connectivity index (χ4v) is 2.35. The Hall–Kier alpha value is -1.24. The maximum absolute atomic E-state index is 8.70. The molecule has 0 aliphatic carbocycles. The summed E-state index contributed by atoms with van der Waals surface area (Å²) in [4.78, 5) is 0.